The fourth-order valence-corrected chi connectivity index (χ4v) is 8.23. The van der Waals surface area contributed by atoms with Gasteiger partial charge in [0.1, 0.15) is 17.9 Å². The maximum absolute atomic E-state index is 14.7. The molecule has 1 aromatic rings. The summed E-state index contributed by atoms with van der Waals surface area (Å²) < 4.78 is 11.2. The van der Waals surface area contributed by atoms with Gasteiger partial charge in [0, 0.05) is 37.2 Å². The first kappa shape index (κ1) is 37.0. The number of nitrogens with zero attached hydrogens (tertiary/aromatic N) is 2. The van der Waals surface area contributed by atoms with Gasteiger partial charge in [-0.1, -0.05) is 38.8 Å². The van der Waals surface area contributed by atoms with E-state index < -0.39 is 46.8 Å². The number of ketones is 3. The highest BCUT2D eigenvalue weighted by Gasteiger charge is 2.55. The molecule has 3 aliphatic carbocycles. The van der Waals surface area contributed by atoms with Gasteiger partial charge in [0.2, 0.25) is 11.7 Å². The standard InChI is InChI=1S/C40H55N3O8/c1-23-15-27(16-24(2)35(23)49-6)30-20-40(51-42-30)21-31(32(44)19-28(17-25-11-12-25)34(46)33(45)18-26-13-14-26)43(22-40)37(47)36(39(3,4)5)41-38(48)50-29-9-7-8-10-29/h15-16,25-26,28-29,31,36H,7-14,17-22H2,1-6H3,(H,41,48)/t28-,31+,36-,40-/m1/s1. The molecule has 2 amide bonds. The van der Waals surface area contributed by atoms with Gasteiger partial charge >= 0.3 is 6.09 Å². The second-order valence-corrected chi connectivity index (χ2v) is 17.1. The molecule has 11 nitrogen and oxygen atoms in total. The first-order valence-corrected chi connectivity index (χ1v) is 18.9. The van der Waals surface area contributed by atoms with Gasteiger partial charge in [0.15, 0.2) is 17.2 Å². The lowest BCUT2D eigenvalue weighted by molar-refractivity contribution is -0.143. The molecule has 5 aliphatic rings. The zero-order chi connectivity index (χ0) is 36.7. The quantitative estimate of drug-likeness (QED) is 0.227. The second-order valence-electron chi connectivity index (χ2n) is 17.1. The fraction of sp³-hybridized carbons (Fsp3) is 0.700. The van der Waals surface area contributed by atoms with E-state index in [0.29, 0.717) is 24.5 Å². The number of aryl methyl sites for hydroxylation is 2. The minimum Gasteiger partial charge on any atom is -0.496 e. The highest BCUT2D eigenvalue weighted by Crippen LogP contribution is 2.43. The maximum atomic E-state index is 14.7. The van der Waals surface area contributed by atoms with Crippen molar-refractivity contribution >= 4 is 35.1 Å². The maximum Gasteiger partial charge on any atom is 0.408 e. The van der Waals surface area contributed by atoms with Crippen LogP contribution in [0.2, 0.25) is 0 Å². The molecule has 2 aliphatic heterocycles. The molecular weight excluding hydrogens is 650 g/mol. The van der Waals surface area contributed by atoms with Crippen molar-refractivity contribution in [3.8, 4) is 5.75 Å². The molecule has 51 heavy (non-hydrogen) atoms. The van der Waals surface area contributed by atoms with Gasteiger partial charge in [-0.3, -0.25) is 19.2 Å². The number of carbonyl (C=O) groups is 5. The molecule has 3 saturated carbocycles. The highest BCUT2D eigenvalue weighted by atomic mass is 16.7. The number of methoxy groups -OCH3 is 1. The van der Waals surface area contributed by atoms with Gasteiger partial charge < -0.3 is 24.5 Å². The van der Waals surface area contributed by atoms with Gasteiger partial charge in [0.25, 0.3) is 0 Å². The first-order chi connectivity index (χ1) is 24.2. The van der Waals surface area contributed by atoms with E-state index >= 15 is 0 Å². The van der Waals surface area contributed by atoms with E-state index in [2.05, 4.69) is 10.5 Å². The fourth-order valence-electron chi connectivity index (χ4n) is 8.23. The molecule has 4 fully saturated rings. The van der Waals surface area contributed by atoms with Crippen molar-refractivity contribution < 1.29 is 38.3 Å². The third-order valence-electron chi connectivity index (χ3n) is 11.4. The lowest BCUT2D eigenvalue weighted by atomic mass is 9.84. The Labute approximate surface area is 301 Å². The first-order valence-electron chi connectivity index (χ1n) is 18.9. The summed E-state index contributed by atoms with van der Waals surface area (Å²) in [6, 6.07) is 2.08. The van der Waals surface area contributed by atoms with Crippen LogP contribution in [0.4, 0.5) is 4.79 Å². The summed E-state index contributed by atoms with van der Waals surface area (Å²) in [6.45, 7) is 9.62. The summed E-state index contributed by atoms with van der Waals surface area (Å²) in [5, 5.41) is 7.34. The number of rotatable bonds is 14. The lowest BCUT2D eigenvalue weighted by Crippen LogP contribution is -2.57. The zero-order valence-electron chi connectivity index (χ0n) is 31.2. The average Bonchev–Trinajstić information content (AvgIpc) is 3.93. The van der Waals surface area contributed by atoms with Gasteiger partial charge in [-0.15, -0.1) is 0 Å². The molecular formula is C40H55N3O8. The van der Waals surface area contributed by atoms with Crippen molar-refractivity contribution in [2.75, 3.05) is 13.7 Å². The number of hydrogen-bond acceptors (Lipinski definition) is 9. The Bertz CT molecular complexity index is 1560. The third-order valence-corrected chi connectivity index (χ3v) is 11.4. The number of likely N-dealkylation sites (tertiary alicyclic amines) is 1. The van der Waals surface area contributed by atoms with E-state index in [-0.39, 0.29) is 49.4 Å². The summed E-state index contributed by atoms with van der Waals surface area (Å²) >= 11 is 0. The van der Waals surface area contributed by atoms with Crippen molar-refractivity contribution in [2.24, 2.45) is 28.3 Å². The van der Waals surface area contributed by atoms with E-state index in [1.54, 1.807) is 7.11 Å². The van der Waals surface area contributed by atoms with E-state index in [4.69, 9.17) is 14.3 Å². The molecule has 6 rings (SSSR count). The van der Waals surface area contributed by atoms with Crippen LogP contribution in [0, 0.1) is 37.0 Å². The smallest absolute Gasteiger partial charge is 0.408 e. The lowest BCUT2D eigenvalue weighted by Gasteiger charge is -2.35. The summed E-state index contributed by atoms with van der Waals surface area (Å²) in [4.78, 5) is 76.4. The molecule has 4 atom stereocenters. The minimum atomic E-state index is -0.991. The van der Waals surface area contributed by atoms with Crippen molar-refractivity contribution in [2.45, 2.75) is 142 Å². The molecule has 1 aromatic carbocycles. The third kappa shape index (κ3) is 8.66. The number of hydrogen-bond donors (Lipinski definition) is 1. The molecule has 0 radical (unpaired) electrons. The van der Waals surface area contributed by atoms with Crippen molar-refractivity contribution in [1.29, 1.82) is 0 Å². The predicted octanol–water partition coefficient (Wildman–Crippen LogP) is 6.17. The van der Waals surface area contributed by atoms with Crippen LogP contribution in [0.5, 0.6) is 5.75 Å². The molecule has 0 unspecified atom stereocenters. The van der Waals surface area contributed by atoms with Gasteiger partial charge in [-0.05, 0) is 99.3 Å². The summed E-state index contributed by atoms with van der Waals surface area (Å²) in [5.41, 5.74) is 1.81. The molecule has 1 N–H and O–H groups in total. The van der Waals surface area contributed by atoms with Crippen LogP contribution in [0.1, 0.15) is 121 Å². The average molecular weight is 706 g/mol. The molecule has 2 heterocycles. The van der Waals surface area contributed by atoms with Crippen LogP contribution in [-0.2, 0) is 28.8 Å². The van der Waals surface area contributed by atoms with Crippen LogP contribution >= 0.6 is 0 Å². The number of ether oxygens (including phenoxy) is 2. The Balaban J connectivity index is 1.25. The van der Waals surface area contributed by atoms with Crippen molar-refractivity contribution in [3.63, 3.8) is 0 Å². The number of oxime groups is 1. The zero-order valence-corrected chi connectivity index (χ0v) is 31.2. The number of alkyl carbamates (subject to hydrolysis) is 1. The number of nitrogens with one attached hydrogen (secondary N) is 1. The minimum absolute atomic E-state index is 0.0805. The summed E-state index contributed by atoms with van der Waals surface area (Å²) in [5.74, 6) is -0.818. The molecule has 0 bridgehead atoms. The number of benzene rings is 1. The number of Topliss-reactive ketones (excluding diaryl/α,β-unsaturated/α-hetero) is 3. The molecule has 1 saturated heterocycles. The molecule has 1 spiro atoms. The largest absolute Gasteiger partial charge is 0.496 e. The van der Waals surface area contributed by atoms with Crippen LogP contribution < -0.4 is 10.1 Å². The summed E-state index contributed by atoms with van der Waals surface area (Å²) in [7, 11) is 1.64. The van der Waals surface area contributed by atoms with E-state index in [0.717, 1.165) is 73.8 Å². The monoisotopic (exact) mass is 705 g/mol. The highest BCUT2D eigenvalue weighted by molar-refractivity contribution is 6.38. The van der Waals surface area contributed by atoms with Crippen LogP contribution in [-0.4, -0.2) is 77.4 Å². The van der Waals surface area contributed by atoms with Gasteiger partial charge in [-0.25, -0.2) is 4.79 Å². The van der Waals surface area contributed by atoms with Crippen molar-refractivity contribution in [1.82, 2.24) is 10.2 Å². The second kappa shape index (κ2) is 14.7. The Kier molecular flexibility index (Phi) is 10.7. The molecule has 11 heteroatoms. The van der Waals surface area contributed by atoms with Crippen LogP contribution in [0.25, 0.3) is 0 Å². The Morgan fingerprint density at radius 3 is 2.24 bits per heavy atom. The number of carbonyl (C=O) groups excluding carboxylic acids is 5. The summed E-state index contributed by atoms with van der Waals surface area (Å²) in [6.07, 6.45) is 7.84. The van der Waals surface area contributed by atoms with Crippen LogP contribution in [0.15, 0.2) is 17.3 Å². The predicted molar refractivity (Wildman–Crippen MR) is 190 cm³/mol. The van der Waals surface area contributed by atoms with E-state index in [9.17, 15) is 24.0 Å². The van der Waals surface area contributed by atoms with Gasteiger partial charge in [0.05, 0.1) is 25.4 Å². The molecule has 278 valence electrons. The van der Waals surface area contributed by atoms with Gasteiger partial charge in [-0.2, -0.15) is 0 Å². The van der Waals surface area contributed by atoms with Crippen LogP contribution in [0.3, 0.4) is 0 Å². The SMILES string of the molecule is COc1c(C)cc(C2=NO[C@]3(C2)C[C@@H](C(=O)C[C@@H](CC2CC2)C(=O)C(=O)CC2CC2)N(C(=O)[C@@H](NC(=O)OC2CCCC2)C(C)(C)C)C3)cc1C. The van der Waals surface area contributed by atoms with E-state index in [1.165, 1.54) is 4.90 Å². The normalized spacial score (nSPS) is 24.5. The van der Waals surface area contributed by atoms with E-state index in [1.807, 2.05) is 46.8 Å². The topological polar surface area (TPSA) is 141 Å². The Morgan fingerprint density at radius 1 is 1.00 bits per heavy atom. The molecule has 0 aromatic heterocycles. The van der Waals surface area contributed by atoms with Crippen molar-refractivity contribution in [3.05, 3.63) is 28.8 Å². The Morgan fingerprint density at radius 2 is 1.65 bits per heavy atom. The Hall–Kier alpha value is -3.76. The number of amides is 2.